The fourth-order valence-corrected chi connectivity index (χ4v) is 4.45. The molecule has 0 saturated carbocycles. The third kappa shape index (κ3) is 3.86. The largest absolute Gasteiger partial charge is 0.396 e. The molecule has 0 amide bonds. The van der Waals surface area contributed by atoms with Gasteiger partial charge in [0.2, 0.25) is 0 Å². The van der Waals surface area contributed by atoms with Gasteiger partial charge in [0.15, 0.2) is 12.1 Å². The molecule has 1 saturated heterocycles. The van der Waals surface area contributed by atoms with E-state index in [1.54, 1.807) is 6.92 Å². The van der Waals surface area contributed by atoms with Gasteiger partial charge in [-0.2, -0.15) is 0 Å². The Balaban J connectivity index is 1.78. The van der Waals surface area contributed by atoms with Gasteiger partial charge in [-0.1, -0.05) is 6.07 Å². The third-order valence-corrected chi connectivity index (χ3v) is 6.15. The summed E-state index contributed by atoms with van der Waals surface area (Å²) in [5.41, 5.74) is 3.57. The van der Waals surface area contributed by atoms with Crippen LogP contribution in [0.25, 0.3) is 0 Å². The molecule has 162 valence electrons. The highest BCUT2D eigenvalue weighted by Crippen LogP contribution is 2.41. The molecular formula is C21H30O8. The first-order chi connectivity index (χ1) is 13.6. The van der Waals surface area contributed by atoms with E-state index in [0.29, 0.717) is 18.4 Å². The van der Waals surface area contributed by atoms with Gasteiger partial charge in [0, 0.05) is 12.2 Å². The number of ketones is 1. The van der Waals surface area contributed by atoms with Crippen LogP contribution in [0.4, 0.5) is 0 Å². The van der Waals surface area contributed by atoms with E-state index in [2.05, 4.69) is 0 Å². The Morgan fingerprint density at radius 1 is 1.17 bits per heavy atom. The van der Waals surface area contributed by atoms with E-state index < -0.39 is 42.7 Å². The smallest absolute Gasteiger partial charge is 0.186 e. The van der Waals surface area contributed by atoms with E-state index in [1.807, 2.05) is 19.9 Å². The molecule has 1 aromatic rings. The first kappa shape index (κ1) is 22.3. The van der Waals surface area contributed by atoms with Gasteiger partial charge in [0.1, 0.15) is 24.4 Å². The maximum absolute atomic E-state index is 13.2. The van der Waals surface area contributed by atoms with Gasteiger partial charge in [-0.3, -0.25) is 4.79 Å². The Kier molecular flexibility index (Phi) is 6.45. The number of ether oxygens (including phenoxy) is 2. The SMILES string of the molecule is Cc1cc2c(c(C)c1CCO)C(=O)C(C)(COC1OC(CO)C(O)C(O)C1O)C2. The molecule has 0 spiro atoms. The zero-order valence-corrected chi connectivity index (χ0v) is 17.0. The van der Waals surface area contributed by atoms with Gasteiger partial charge >= 0.3 is 0 Å². The molecule has 3 rings (SSSR count). The van der Waals surface area contributed by atoms with Crippen LogP contribution in [-0.4, -0.2) is 81.8 Å². The van der Waals surface area contributed by atoms with Crippen molar-refractivity contribution in [3.8, 4) is 0 Å². The number of aliphatic hydroxyl groups is 5. The summed E-state index contributed by atoms with van der Waals surface area (Å²) in [6.07, 6.45) is -5.88. The van der Waals surface area contributed by atoms with Crippen molar-refractivity contribution in [2.24, 2.45) is 5.41 Å². The van der Waals surface area contributed by atoms with E-state index in [-0.39, 0.29) is 19.0 Å². The molecule has 0 bridgehead atoms. The number of hydrogen-bond acceptors (Lipinski definition) is 8. The lowest BCUT2D eigenvalue weighted by Gasteiger charge is -2.40. The molecule has 1 aliphatic heterocycles. The molecule has 0 radical (unpaired) electrons. The quantitative estimate of drug-likeness (QED) is 0.419. The lowest BCUT2D eigenvalue weighted by molar-refractivity contribution is -0.304. The van der Waals surface area contributed by atoms with E-state index in [9.17, 15) is 30.3 Å². The zero-order chi connectivity index (χ0) is 21.5. The lowest BCUT2D eigenvalue weighted by atomic mass is 9.86. The van der Waals surface area contributed by atoms with Gasteiger partial charge in [0.05, 0.1) is 18.6 Å². The minimum atomic E-state index is -1.53. The normalized spacial score (nSPS) is 34.5. The average Bonchev–Trinajstić information content (AvgIpc) is 2.93. The molecule has 1 fully saturated rings. The summed E-state index contributed by atoms with van der Waals surface area (Å²) < 4.78 is 11.0. The van der Waals surface area contributed by atoms with Crippen LogP contribution in [0.2, 0.25) is 0 Å². The Bertz CT molecular complexity index is 776. The number of aliphatic hydroxyl groups excluding tert-OH is 5. The minimum absolute atomic E-state index is 0.00610. The second-order valence-electron chi connectivity index (χ2n) is 8.38. The monoisotopic (exact) mass is 410 g/mol. The predicted molar refractivity (Wildman–Crippen MR) is 103 cm³/mol. The number of carbonyl (C=O) groups excluding carboxylic acids is 1. The van der Waals surface area contributed by atoms with Gasteiger partial charge in [-0.15, -0.1) is 0 Å². The Morgan fingerprint density at radius 2 is 1.86 bits per heavy atom. The highest BCUT2D eigenvalue weighted by atomic mass is 16.7. The third-order valence-electron chi connectivity index (χ3n) is 6.15. The van der Waals surface area contributed by atoms with E-state index in [4.69, 9.17) is 9.47 Å². The molecule has 1 aromatic carbocycles. The summed E-state index contributed by atoms with van der Waals surface area (Å²) in [6, 6.07) is 1.98. The molecule has 5 N–H and O–H groups in total. The van der Waals surface area contributed by atoms with E-state index >= 15 is 0 Å². The van der Waals surface area contributed by atoms with Crippen LogP contribution < -0.4 is 0 Å². The molecule has 29 heavy (non-hydrogen) atoms. The molecule has 6 unspecified atom stereocenters. The molecule has 1 heterocycles. The molecule has 1 aliphatic carbocycles. The molecule has 8 heteroatoms. The molecular weight excluding hydrogens is 380 g/mol. The fourth-order valence-electron chi connectivity index (χ4n) is 4.45. The number of rotatable bonds is 6. The van der Waals surface area contributed by atoms with Crippen molar-refractivity contribution in [1.82, 2.24) is 0 Å². The Morgan fingerprint density at radius 3 is 2.48 bits per heavy atom. The number of benzene rings is 1. The second-order valence-corrected chi connectivity index (χ2v) is 8.38. The first-order valence-electron chi connectivity index (χ1n) is 9.84. The minimum Gasteiger partial charge on any atom is -0.396 e. The lowest BCUT2D eigenvalue weighted by Crippen LogP contribution is -2.59. The molecule has 6 atom stereocenters. The van der Waals surface area contributed by atoms with E-state index in [0.717, 1.165) is 22.3 Å². The maximum atomic E-state index is 13.2. The second kappa shape index (κ2) is 8.39. The molecule has 2 aliphatic rings. The summed E-state index contributed by atoms with van der Waals surface area (Å²) in [5, 5.41) is 48.5. The fraction of sp³-hybridized carbons (Fsp3) is 0.667. The van der Waals surface area contributed by atoms with Crippen LogP contribution in [0, 0.1) is 19.3 Å². The van der Waals surface area contributed by atoms with Crippen molar-refractivity contribution in [3.63, 3.8) is 0 Å². The Labute approximate surface area is 169 Å². The van der Waals surface area contributed by atoms with Gasteiger partial charge in [0.25, 0.3) is 0 Å². The van der Waals surface area contributed by atoms with Crippen molar-refractivity contribution < 1.29 is 39.8 Å². The number of Topliss-reactive ketones (excluding diaryl/α,β-unsaturated/α-hetero) is 1. The number of carbonyl (C=O) groups is 1. The van der Waals surface area contributed by atoms with Gasteiger partial charge in [-0.25, -0.2) is 0 Å². The summed E-state index contributed by atoms with van der Waals surface area (Å²) in [4.78, 5) is 13.2. The highest BCUT2D eigenvalue weighted by molar-refractivity contribution is 6.06. The Hall–Kier alpha value is -1.39. The van der Waals surface area contributed by atoms with Crippen molar-refractivity contribution in [2.45, 2.75) is 64.3 Å². The topological polar surface area (TPSA) is 137 Å². The predicted octanol–water partition coefficient (Wildman–Crippen LogP) is -0.600. The van der Waals surface area contributed by atoms with Crippen LogP contribution in [0.3, 0.4) is 0 Å². The van der Waals surface area contributed by atoms with Crippen LogP contribution in [-0.2, 0) is 22.3 Å². The van der Waals surface area contributed by atoms with Crippen LogP contribution >= 0.6 is 0 Å². The van der Waals surface area contributed by atoms with Crippen molar-refractivity contribution in [1.29, 1.82) is 0 Å². The number of hydrogen-bond donors (Lipinski definition) is 5. The van der Waals surface area contributed by atoms with Crippen molar-refractivity contribution >= 4 is 5.78 Å². The highest BCUT2D eigenvalue weighted by Gasteiger charge is 2.47. The van der Waals surface area contributed by atoms with Crippen LogP contribution in [0.1, 0.15) is 39.5 Å². The molecule has 8 nitrogen and oxygen atoms in total. The van der Waals surface area contributed by atoms with Crippen LogP contribution in [0.5, 0.6) is 0 Å². The zero-order valence-electron chi connectivity index (χ0n) is 17.0. The first-order valence-corrected chi connectivity index (χ1v) is 9.84. The summed E-state index contributed by atoms with van der Waals surface area (Å²) in [5.74, 6) is -0.0752. The standard InChI is InChI=1S/C21H30O8/c1-10-6-12-7-21(3,19(27)15(12)11(2)13(10)4-5-22)9-28-20-18(26)17(25)16(24)14(8-23)29-20/h6,14,16-18,20,22-26H,4-5,7-9H2,1-3H3. The number of aryl methyl sites for hydroxylation is 1. The van der Waals surface area contributed by atoms with Crippen molar-refractivity contribution in [3.05, 3.63) is 33.9 Å². The maximum Gasteiger partial charge on any atom is 0.186 e. The molecule has 0 aromatic heterocycles. The summed E-state index contributed by atoms with van der Waals surface area (Å²) in [7, 11) is 0. The average molecular weight is 410 g/mol. The van der Waals surface area contributed by atoms with Crippen molar-refractivity contribution in [2.75, 3.05) is 19.8 Å². The van der Waals surface area contributed by atoms with Gasteiger partial charge in [-0.05, 0) is 55.9 Å². The van der Waals surface area contributed by atoms with Crippen LogP contribution in [0.15, 0.2) is 6.07 Å². The van der Waals surface area contributed by atoms with E-state index in [1.165, 1.54) is 0 Å². The summed E-state index contributed by atoms with van der Waals surface area (Å²) in [6.45, 7) is 5.03. The summed E-state index contributed by atoms with van der Waals surface area (Å²) >= 11 is 0. The van der Waals surface area contributed by atoms with Gasteiger partial charge < -0.3 is 35.0 Å². The number of fused-ring (bicyclic) bond motifs is 1.